The van der Waals surface area contributed by atoms with Crippen molar-refractivity contribution in [1.82, 2.24) is 0 Å². The van der Waals surface area contributed by atoms with Gasteiger partial charge in [0.25, 0.3) is 0 Å². The molecule has 0 atom stereocenters. The number of benzene rings is 10. The molecule has 0 heterocycles. The zero-order valence-electron chi connectivity index (χ0n) is 35.5. The third-order valence-electron chi connectivity index (χ3n) is 14.0. The Morgan fingerprint density at radius 3 is 1.60 bits per heavy atom. The predicted molar refractivity (Wildman–Crippen MR) is 264 cm³/mol. The average Bonchev–Trinajstić information content (AvgIpc) is 3.77. The largest absolute Gasteiger partial charge is 0.310 e. The van der Waals surface area contributed by atoms with Crippen LogP contribution in [-0.2, 0) is 10.8 Å². The van der Waals surface area contributed by atoms with Gasteiger partial charge in [-0.15, -0.1) is 0 Å². The zero-order valence-corrected chi connectivity index (χ0v) is 35.5. The average molecular weight is 804 g/mol. The van der Waals surface area contributed by atoms with Crippen LogP contribution in [0.4, 0.5) is 17.1 Å². The number of nitrogens with zero attached hydrogens (tertiary/aromatic N) is 1. The molecule has 0 unspecified atom stereocenters. The van der Waals surface area contributed by atoms with Crippen LogP contribution >= 0.6 is 0 Å². The Hall–Kier alpha value is -7.74. The van der Waals surface area contributed by atoms with Crippen molar-refractivity contribution in [2.75, 3.05) is 4.90 Å². The lowest BCUT2D eigenvalue weighted by Crippen LogP contribution is -2.28. The van der Waals surface area contributed by atoms with Gasteiger partial charge in [0.05, 0.1) is 5.41 Å². The second-order valence-corrected chi connectivity index (χ2v) is 17.6. The maximum absolute atomic E-state index is 2.48. The Morgan fingerprint density at radius 2 is 0.841 bits per heavy atom. The zero-order chi connectivity index (χ0) is 42.1. The first-order valence-electron chi connectivity index (χ1n) is 22.1. The Kier molecular flexibility index (Phi) is 8.49. The van der Waals surface area contributed by atoms with Crippen LogP contribution in [0.5, 0.6) is 0 Å². The van der Waals surface area contributed by atoms with Gasteiger partial charge in [0, 0.05) is 22.5 Å². The minimum absolute atomic E-state index is 0.150. The van der Waals surface area contributed by atoms with Crippen molar-refractivity contribution in [2.45, 2.75) is 24.7 Å². The molecule has 0 fully saturated rings. The molecule has 0 amide bonds. The predicted octanol–water partition coefficient (Wildman–Crippen LogP) is 16.3. The molecule has 2 aliphatic rings. The van der Waals surface area contributed by atoms with Crippen molar-refractivity contribution in [3.63, 3.8) is 0 Å². The first-order chi connectivity index (χ1) is 31.0. The molecule has 0 radical (unpaired) electrons. The van der Waals surface area contributed by atoms with E-state index >= 15 is 0 Å². The van der Waals surface area contributed by atoms with E-state index in [9.17, 15) is 0 Å². The highest BCUT2D eigenvalue weighted by atomic mass is 15.1. The molecule has 0 N–H and O–H groups in total. The molecule has 10 aromatic carbocycles. The molecule has 0 aliphatic heterocycles. The summed E-state index contributed by atoms with van der Waals surface area (Å²) in [6.45, 7) is 4.75. The van der Waals surface area contributed by atoms with Crippen molar-refractivity contribution in [1.29, 1.82) is 0 Å². The Labute approximate surface area is 370 Å². The second kappa shape index (κ2) is 14.4. The summed E-state index contributed by atoms with van der Waals surface area (Å²) < 4.78 is 0. The maximum Gasteiger partial charge on any atom is 0.0714 e. The SMILES string of the molecule is CC1(C)c2ccc(N(c3ccc(-c4cccc5ccccc45)cc3)c3ccc4c(c3)C(c3ccccc3)(c3ccccc3)c3ccccc3-4)cc2-c2c(-c3ccccc3)cccc21. The van der Waals surface area contributed by atoms with Crippen LogP contribution in [0.2, 0.25) is 0 Å². The van der Waals surface area contributed by atoms with Gasteiger partial charge in [-0.3, -0.25) is 0 Å². The summed E-state index contributed by atoms with van der Waals surface area (Å²) in [4.78, 5) is 2.48. The van der Waals surface area contributed by atoms with E-state index in [2.05, 4.69) is 255 Å². The fourth-order valence-corrected chi connectivity index (χ4v) is 11.1. The van der Waals surface area contributed by atoms with E-state index in [-0.39, 0.29) is 5.41 Å². The molecular formula is C62H45N. The highest BCUT2D eigenvalue weighted by Gasteiger charge is 2.46. The van der Waals surface area contributed by atoms with Crippen molar-refractivity contribution in [2.24, 2.45) is 0 Å². The van der Waals surface area contributed by atoms with Gasteiger partial charge < -0.3 is 4.90 Å². The molecule has 1 heteroatoms. The summed E-state index contributed by atoms with van der Waals surface area (Å²) >= 11 is 0. The molecule has 12 rings (SSSR count). The summed E-state index contributed by atoms with van der Waals surface area (Å²) in [6.07, 6.45) is 0. The fourth-order valence-electron chi connectivity index (χ4n) is 11.1. The lowest BCUT2D eigenvalue weighted by atomic mass is 9.67. The van der Waals surface area contributed by atoms with Crippen LogP contribution in [0.1, 0.15) is 47.2 Å². The van der Waals surface area contributed by atoms with Gasteiger partial charge >= 0.3 is 0 Å². The van der Waals surface area contributed by atoms with Crippen LogP contribution in [0.25, 0.3) is 55.3 Å². The minimum Gasteiger partial charge on any atom is -0.310 e. The molecule has 1 nitrogen and oxygen atoms in total. The molecule has 2 aliphatic carbocycles. The van der Waals surface area contributed by atoms with Crippen LogP contribution in [-0.4, -0.2) is 0 Å². The highest BCUT2D eigenvalue weighted by Crippen LogP contribution is 2.58. The standard InChI is InChI=1S/C62H45N/c1-61(2)56-39-37-48(40-55(56)60-52(29-17-31-58(60)61)43-18-6-3-7-19-43)63(47-34-32-44(33-35-47)51-28-16-21-42-20-12-13-26-50(42)51)49-36-38-54-53-27-14-15-30-57(53)62(59(54)41-49,45-22-8-4-9-23-45)46-24-10-5-11-25-46/h3-41H,1-2H3. The Morgan fingerprint density at radius 1 is 0.317 bits per heavy atom. The van der Waals surface area contributed by atoms with E-state index in [1.807, 2.05) is 0 Å². The Balaban J connectivity index is 1.10. The third-order valence-corrected chi connectivity index (χ3v) is 14.0. The maximum atomic E-state index is 2.48. The molecule has 0 saturated carbocycles. The molecule has 0 aromatic heterocycles. The molecule has 298 valence electrons. The summed E-state index contributed by atoms with van der Waals surface area (Å²) in [5.41, 5.74) is 20.6. The summed E-state index contributed by atoms with van der Waals surface area (Å²) in [7, 11) is 0. The van der Waals surface area contributed by atoms with E-state index in [0.717, 1.165) is 17.1 Å². The molecular weight excluding hydrogens is 759 g/mol. The molecule has 10 aromatic rings. The van der Waals surface area contributed by atoms with E-state index in [4.69, 9.17) is 0 Å². The topological polar surface area (TPSA) is 3.24 Å². The van der Waals surface area contributed by atoms with Gasteiger partial charge in [0.1, 0.15) is 0 Å². The van der Waals surface area contributed by atoms with Crippen LogP contribution in [0.15, 0.2) is 237 Å². The number of hydrogen-bond donors (Lipinski definition) is 0. The molecule has 63 heavy (non-hydrogen) atoms. The van der Waals surface area contributed by atoms with Gasteiger partial charge in [0.15, 0.2) is 0 Å². The van der Waals surface area contributed by atoms with Crippen LogP contribution < -0.4 is 4.90 Å². The van der Waals surface area contributed by atoms with Crippen molar-refractivity contribution >= 4 is 27.8 Å². The number of hydrogen-bond acceptors (Lipinski definition) is 1. The van der Waals surface area contributed by atoms with Crippen molar-refractivity contribution < 1.29 is 0 Å². The normalized spacial score (nSPS) is 13.8. The first-order valence-corrected chi connectivity index (χ1v) is 22.1. The summed E-state index contributed by atoms with van der Waals surface area (Å²) in [5, 5.41) is 2.51. The Bertz CT molecular complexity index is 3300. The van der Waals surface area contributed by atoms with Gasteiger partial charge in [0.2, 0.25) is 0 Å². The molecule has 0 bridgehead atoms. The molecule has 0 spiro atoms. The monoisotopic (exact) mass is 803 g/mol. The van der Waals surface area contributed by atoms with E-state index < -0.39 is 5.41 Å². The quantitative estimate of drug-likeness (QED) is 0.155. The van der Waals surface area contributed by atoms with Crippen LogP contribution in [0.3, 0.4) is 0 Å². The summed E-state index contributed by atoms with van der Waals surface area (Å²) in [6, 6.07) is 87.8. The minimum atomic E-state index is -0.514. The van der Waals surface area contributed by atoms with Gasteiger partial charge in [-0.1, -0.05) is 214 Å². The summed E-state index contributed by atoms with van der Waals surface area (Å²) in [5.74, 6) is 0. The third kappa shape index (κ3) is 5.63. The van der Waals surface area contributed by atoms with Crippen molar-refractivity contribution in [3.8, 4) is 44.5 Å². The van der Waals surface area contributed by atoms with E-state index in [1.165, 1.54) is 88.7 Å². The van der Waals surface area contributed by atoms with Crippen LogP contribution in [0, 0.1) is 0 Å². The lowest BCUT2D eigenvalue weighted by molar-refractivity contribution is 0.660. The van der Waals surface area contributed by atoms with Crippen molar-refractivity contribution in [3.05, 3.63) is 270 Å². The second-order valence-electron chi connectivity index (χ2n) is 17.6. The highest BCUT2D eigenvalue weighted by molar-refractivity contribution is 5.98. The fraction of sp³-hybridized carbons (Fsp3) is 0.0645. The smallest absolute Gasteiger partial charge is 0.0714 e. The van der Waals surface area contributed by atoms with E-state index in [1.54, 1.807) is 0 Å². The van der Waals surface area contributed by atoms with E-state index in [0.29, 0.717) is 0 Å². The number of fused-ring (bicyclic) bond motifs is 7. The van der Waals surface area contributed by atoms with Gasteiger partial charge in [-0.05, 0) is 125 Å². The van der Waals surface area contributed by atoms with Gasteiger partial charge in [-0.2, -0.15) is 0 Å². The number of anilines is 3. The number of rotatable bonds is 7. The van der Waals surface area contributed by atoms with Gasteiger partial charge in [-0.25, -0.2) is 0 Å². The lowest BCUT2D eigenvalue weighted by Gasteiger charge is -2.35. The molecule has 0 saturated heterocycles. The first kappa shape index (κ1) is 37.1.